The van der Waals surface area contributed by atoms with Gasteiger partial charge in [0.1, 0.15) is 5.65 Å². The van der Waals surface area contributed by atoms with E-state index in [2.05, 4.69) is 10.3 Å². The zero-order valence-corrected chi connectivity index (χ0v) is 12.5. The van der Waals surface area contributed by atoms with E-state index < -0.39 is 11.2 Å². The Balaban J connectivity index is 2.60. The van der Waals surface area contributed by atoms with E-state index in [0.717, 1.165) is 11.0 Å². The molecule has 0 aliphatic rings. The lowest BCUT2D eigenvalue weighted by atomic mass is 10.2. The van der Waals surface area contributed by atoms with Gasteiger partial charge in [-0.2, -0.15) is 0 Å². The number of nitrogens with zero attached hydrogens (tertiary/aromatic N) is 3. The molecule has 0 aromatic carbocycles. The molecular weight excluding hydrogens is 272 g/mol. The number of rotatable bonds is 3. The summed E-state index contributed by atoms with van der Waals surface area (Å²) in [7, 11) is 2.94. The van der Waals surface area contributed by atoms with E-state index in [0.29, 0.717) is 5.56 Å². The molecule has 0 saturated heterocycles. The lowest BCUT2D eigenvalue weighted by Crippen LogP contribution is -2.37. The predicted molar refractivity (Wildman–Crippen MR) is 79.4 cm³/mol. The number of nitrogens with one attached hydrogen (secondary N) is 1. The van der Waals surface area contributed by atoms with Crippen LogP contribution >= 0.6 is 0 Å². The molecule has 0 radical (unpaired) electrons. The van der Waals surface area contributed by atoms with Gasteiger partial charge in [0.15, 0.2) is 0 Å². The third-order valence-electron chi connectivity index (χ3n) is 3.55. The smallest absolute Gasteiger partial charge is 0.332 e. The van der Waals surface area contributed by atoms with Gasteiger partial charge in [0.25, 0.3) is 11.5 Å². The van der Waals surface area contributed by atoms with E-state index in [-0.39, 0.29) is 23.0 Å². The summed E-state index contributed by atoms with van der Waals surface area (Å²) in [6.07, 6.45) is 2.18. The second-order valence-corrected chi connectivity index (χ2v) is 5.08. The Bertz CT molecular complexity index is 819. The third kappa shape index (κ3) is 2.58. The highest BCUT2D eigenvalue weighted by Gasteiger charge is 2.14. The zero-order chi connectivity index (χ0) is 15.7. The van der Waals surface area contributed by atoms with Crippen molar-refractivity contribution in [1.29, 1.82) is 0 Å². The molecule has 0 aliphatic heterocycles. The first-order valence-corrected chi connectivity index (χ1v) is 6.73. The van der Waals surface area contributed by atoms with Crippen LogP contribution in [0.1, 0.15) is 30.6 Å². The summed E-state index contributed by atoms with van der Waals surface area (Å²) >= 11 is 0. The fraction of sp³-hybridized carbons (Fsp3) is 0.429. The summed E-state index contributed by atoms with van der Waals surface area (Å²) in [6.45, 7) is 3.87. The van der Waals surface area contributed by atoms with Crippen LogP contribution < -0.4 is 16.6 Å². The fourth-order valence-electron chi connectivity index (χ4n) is 2.00. The second kappa shape index (κ2) is 5.51. The summed E-state index contributed by atoms with van der Waals surface area (Å²) in [4.78, 5) is 40.1. The van der Waals surface area contributed by atoms with Crippen LogP contribution in [0.2, 0.25) is 0 Å². The summed E-state index contributed by atoms with van der Waals surface area (Å²) in [6, 6.07) is 1.51. The molecule has 1 N–H and O–H groups in total. The number of hydrogen-bond donors (Lipinski definition) is 1. The maximum atomic E-state index is 12.1. The molecule has 7 nitrogen and oxygen atoms in total. The number of amides is 1. The van der Waals surface area contributed by atoms with Crippen LogP contribution in [0.25, 0.3) is 11.0 Å². The van der Waals surface area contributed by atoms with Gasteiger partial charge in [-0.3, -0.25) is 18.7 Å². The molecule has 0 fully saturated rings. The number of fused-ring (bicyclic) bond motifs is 1. The van der Waals surface area contributed by atoms with Crippen molar-refractivity contribution in [1.82, 2.24) is 19.4 Å². The third-order valence-corrected chi connectivity index (χ3v) is 3.55. The van der Waals surface area contributed by atoms with E-state index >= 15 is 0 Å². The summed E-state index contributed by atoms with van der Waals surface area (Å²) in [5.74, 6) is -0.283. The SMILES string of the molecule is CCC(C)NC(=O)c1cnc2c(c1)c(=O)n(C)c(=O)n2C. The first-order chi connectivity index (χ1) is 9.86. The highest BCUT2D eigenvalue weighted by molar-refractivity contribution is 5.96. The van der Waals surface area contributed by atoms with Crippen molar-refractivity contribution < 1.29 is 4.79 Å². The van der Waals surface area contributed by atoms with Crippen LogP contribution in [0.15, 0.2) is 21.9 Å². The number of aryl methyl sites for hydroxylation is 1. The molecule has 112 valence electrons. The van der Waals surface area contributed by atoms with Crippen LogP contribution in [-0.4, -0.2) is 26.1 Å². The van der Waals surface area contributed by atoms with Gasteiger partial charge in [0.05, 0.1) is 10.9 Å². The van der Waals surface area contributed by atoms with Crippen LogP contribution in [0.3, 0.4) is 0 Å². The van der Waals surface area contributed by atoms with Crippen molar-refractivity contribution in [2.75, 3.05) is 0 Å². The minimum atomic E-state index is -0.459. The van der Waals surface area contributed by atoms with Crippen LogP contribution in [-0.2, 0) is 14.1 Å². The molecule has 2 aromatic heterocycles. The average molecular weight is 290 g/mol. The van der Waals surface area contributed by atoms with E-state index in [9.17, 15) is 14.4 Å². The van der Waals surface area contributed by atoms with Gasteiger partial charge in [-0.15, -0.1) is 0 Å². The van der Waals surface area contributed by atoms with Crippen molar-refractivity contribution in [2.45, 2.75) is 26.3 Å². The molecule has 1 amide bonds. The molecule has 2 rings (SSSR count). The second-order valence-electron chi connectivity index (χ2n) is 5.08. The molecular formula is C14H18N4O3. The Morgan fingerprint density at radius 2 is 2.00 bits per heavy atom. The summed E-state index contributed by atoms with van der Waals surface area (Å²) < 4.78 is 2.29. The Labute approximate surface area is 121 Å². The Kier molecular flexibility index (Phi) is 3.93. The maximum Gasteiger partial charge on any atom is 0.332 e. The standard InChI is InChI=1S/C14H18N4O3/c1-5-8(2)16-12(19)9-6-10-11(15-7-9)17(3)14(21)18(4)13(10)20/h6-8H,5H2,1-4H3,(H,16,19). The van der Waals surface area contributed by atoms with Crippen molar-refractivity contribution in [3.8, 4) is 0 Å². The molecule has 0 bridgehead atoms. The van der Waals surface area contributed by atoms with Gasteiger partial charge in [0, 0.05) is 26.3 Å². The molecule has 0 spiro atoms. The Morgan fingerprint density at radius 3 is 2.62 bits per heavy atom. The minimum Gasteiger partial charge on any atom is -0.350 e. The van der Waals surface area contributed by atoms with Crippen LogP contribution in [0.5, 0.6) is 0 Å². The lowest BCUT2D eigenvalue weighted by molar-refractivity contribution is 0.0939. The number of hydrogen-bond acceptors (Lipinski definition) is 4. The van der Waals surface area contributed by atoms with Gasteiger partial charge < -0.3 is 5.32 Å². The molecule has 2 heterocycles. The van der Waals surface area contributed by atoms with Gasteiger partial charge in [-0.05, 0) is 19.4 Å². The minimum absolute atomic E-state index is 0.0381. The van der Waals surface area contributed by atoms with E-state index in [1.54, 1.807) is 0 Å². The molecule has 1 atom stereocenters. The Morgan fingerprint density at radius 1 is 1.33 bits per heavy atom. The van der Waals surface area contributed by atoms with Gasteiger partial charge in [-0.1, -0.05) is 6.92 Å². The molecule has 2 aromatic rings. The number of aromatic nitrogens is 3. The van der Waals surface area contributed by atoms with Crippen molar-refractivity contribution in [3.63, 3.8) is 0 Å². The van der Waals surface area contributed by atoms with Crippen LogP contribution in [0, 0.1) is 0 Å². The van der Waals surface area contributed by atoms with E-state index in [1.807, 2.05) is 13.8 Å². The normalized spacial score (nSPS) is 12.4. The first kappa shape index (κ1) is 15.0. The maximum absolute atomic E-state index is 12.1. The number of pyridine rings is 1. The quantitative estimate of drug-likeness (QED) is 0.872. The van der Waals surface area contributed by atoms with Gasteiger partial charge in [0.2, 0.25) is 0 Å². The van der Waals surface area contributed by atoms with Gasteiger partial charge >= 0.3 is 5.69 Å². The van der Waals surface area contributed by atoms with E-state index in [1.165, 1.54) is 30.9 Å². The lowest BCUT2D eigenvalue weighted by Gasteiger charge is -2.12. The predicted octanol–water partition coefficient (Wildman–Crippen LogP) is 0.160. The molecule has 1 unspecified atom stereocenters. The number of carbonyl (C=O) groups is 1. The molecule has 0 saturated carbocycles. The zero-order valence-electron chi connectivity index (χ0n) is 12.5. The summed E-state index contributed by atoms with van der Waals surface area (Å²) in [5, 5.41) is 3.06. The largest absolute Gasteiger partial charge is 0.350 e. The van der Waals surface area contributed by atoms with Crippen LogP contribution in [0.4, 0.5) is 0 Å². The number of carbonyl (C=O) groups excluding carboxylic acids is 1. The molecule has 21 heavy (non-hydrogen) atoms. The van der Waals surface area contributed by atoms with Gasteiger partial charge in [-0.25, -0.2) is 9.78 Å². The fourth-order valence-corrected chi connectivity index (χ4v) is 2.00. The topological polar surface area (TPSA) is 86.0 Å². The molecule has 7 heteroatoms. The Hall–Kier alpha value is -2.44. The van der Waals surface area contributed by atoms with Crippen molar-refractivity contribution in [2.24, 2.45) is 14.1 Å². The molecule has 0 aliphatic carbocycles. The summed E-state index contributed by atoms with van der Waals surface area (Å²) in [5.41, 5.74) is -0.336. The average Bonchev–Trinajstić information content (AvgIpc) is 2.49. The highest BCUT2D eigenvalue weighted by Crippen LogP contribution is 2.07. The van der Waals surface area contributed by atoms with Crippen molar-refractivity contribution in [3.05, 3.63) is 38.7 Å². The highest BCUT2D eigenvalue weighted by atomic mass is 16.2. The van der Waals surface area contributed by atoms with E-state index in [4.69, 9.17) is 0 Å². The monoisotopic (exact) mass is 290 g/mol. The van der Waals surface area contributed by atoms with Crippen molar-refractivity contribution >= 4 is 16.9 Å². The first-order valence-electron chi connectivity index (χ1n) is 6.73.